The minimum absolute atomic E-state index is 0.329. The largest absolute Gasteiger partial charge is 0.451 e. The molecule has 2 N–H and O–H groups in total. The van der Waals surface area contributed by atoms with Crippen LogP contribution in [0.3, 0.4) is 0 Å². The van der Waals surface area contributed by atoms with Crippen molar-refractivity contribution in [1.29, 1.82) is 0 Å². The molecule has 0 atom stereocenters. The Bertz CT molecular complexity index is 1260. The molecule has 2 saturated heterocycles. The molecule has 12 heteroatoms. The lowest BCUT2D eigenvalue weighted by Gasteiger charge is -2.32. The first-order chi connectivity index (χ1) is 19.3. The van der Waals surface area contributed by atoms with Gasteiger partial charge in [0.2, 0.25) is 11.8 Å². The van der Waals surface area contributed by atoms with Crippen LogP contribution in [-0.4, -0.2) is 88.2 Å². The van der Waals surface area contributed by atoms with Crippen LogP contribution < -0.4 is 9.64 Å². The van der Waals surface area contributed by atoms with Crippen LogP contribution in [-0.2, 0) is 6.54 Å². The van der Waals surface area contributed by atoms with E-state index >= 15 is 0 Å². The van der Waals surface area contributed by atoms with E-state index in [1.165, 1.54) is 0 Å². The zero-order valence-electron chi connectivity index (χ0n) is 22.7. The Hall–Kier alpha value is -2.47. The van der Waals surface area contributed by atoms with Crippen molar-refractivity contribution in [1.82, 2.24) is 24.8 Å². The molecule has 9 nitrogen and oxygen atoms in total. The number of hydrogen-bond acceptors (Lipinski definition) is 9. The number of hydrogen-bond donors (Lipinski definition) is 2. The maximum atomic E-state index is 9.33. The van der Waals surface area contributed by atoms with E-state index in [-0.39, 0.29) is 0 Å². The molecule has 4 heterocycles. The first-order valence-corrected chi connectivity index (χ1v) is 14.6. The van der Waals surface area contributed by atoms with Crippen LogP contribution in [0.25, 0.3) is 11.3 Å². The van der Waals surface area contributed by atoms with Crippen LogP contribution in [0.5, 0.6) is 11.6 Å². The van der Waals surface area contributed by atoms with E-state index < -0.39 is 7.12 Å². The summed E-state index contributed by atoms with van der Waals surface area (Å²) in [6, 6.07) is 9.35. The predicted molar refractivity (Wildman–Crippen MR) is 159 cm³/mol. The van der Waals surface area contributed by atoms with Gasteiger partial charge < -0.3 is 24.6 Å². The van der Waals surface area contributed by atoms with Crippen molar-refractivity contribution >= 4 is 36.3 Å². The molecule has 5 rings (SSSR count). The number of anilines is 1. The number of pyridine rings is 1. The fourth-order valence-corrected chi connectivity index (χ4v) is 5.91. The van der Waals surface area contributed by atoms with Crippen LogP contribution in [0, 0.1) is 5.92 Å². The van der Waals surface area contributed by atoms with Gasteiger partial charge >= 0.3 is 7.12 Å². The molecule has 0 bridgehead atoms. The van der Waals surface area contributed by atoms with Crippen LogP contribution in [0.2, 0.25) is 16.4 Å². The second-order valence-electron chi connectivity index (χ2n) is 10.8. The second-order valence-corrected chi connectivity index (χ2v) is 11.6. The topological polar surface area (TPSA) is 98.1 Å². The minimum Gasteiger partial charge on any atom is -0.436 e. The maximum Gasteiger partial charge on any atom is 0.451 e. The summed E-state index contributed by atoms with van der Waals surface area (Å²) < 4.78 is 6.17. The molecular formula is C28H35BCl2N6O3. The van der Waals surface area contributed by atoms with Gasteiger partial charge in [0.1, 0.15) is 0 Å². The number of benzene rings is 1. The third-order valence-electron chi connectivity index (χ3n) is 7.52. The van der Waals surface area contributed by atoms with Gasteiger partial charge in [0.25, 0.3) is 0 Å². The molecule has 1 aromatic carbocycles. The quantitative estimate of drug-likeness (QED) is 0.372. The lowest BCUT2D eigenvalue weighted by Crippen LogP contribution is -2.34. The molecule has 0 amide bonds. The zero-order chi connectivity index (χ0) is 28.1. The van der Waals surface area contributed by atoms with Gasteiger partial charge in [-0.3, -0.25) is 4.90 Å². The van der Waals surface area contributed by atoms with E-state index in [1.54, 1.807) is 18.5 Å². The van der Waals surface area contributed by atoms with Gasteiger partial charge in [-0.15, -0.1) is 0 Å². The van der Waals surface area contributed by atoms with Crippen LogP contribution in [0.15, 0.2) is 42.7 Å². The van der Waals surface area contributed by atoms with Gasteiger partial charge in [-0.25, -0.2) is 15.0 Å². The van der Waals surface area contributed by atoms with Crippen LogP contribution in [0.1, 0.15) is 24.8 Å². The van der Waals surface area contributed by atoms with Gasteiger partial charge in [-0.1, -0.05) is 23.2 Å². The molecule has 212 valence electrons. The second kappa shape index (κ2) is 13.5. The van der Waals surface area contributed by atoms with Crippen molar-refractivity contribution < 1.29 is 14.8 Å². The number of ether oxygens (including phenoxy) is 1. The van der Waals surface area contributed by atoms with Crippen LogP contribution in [0.4, 0.5) is 5.95 Å². The summed E-state index contributed by atoms with van der Waals surface area (Å²) in [5.41, 5.74) is 2.56. The molecule has 2 fully saturated rings. The number of piperidine rings is 1. The highest BCUT2D eigenvalue weighted by Crippen LogP contribution is 2.31. The molecule has 0 radical (unpaired) electrons. The smallest absolute Gasteiger partial charge is 0.436 e. The van der Waals surface area contributed by atoms with Crippen LogP contribution >= 0.6 is 23.2 Å². The molecule has 3 aromatic rings. The summed E-state index contributed by atoms with van der Waals surface area (Å²) >= 11 is 12.6. The summed E-state index contributed by atoms with van der Waals surface area (Å²) in [6.07, 6.45) is 6.76. The highest BCUT2D eigenvalue weighted by molar-refractivity contribution is 6.41. The monoisotopic (exact) mass is 584 g/mol. The Kier molecular flexibility index (Phi) is 9.78. The number of rotatable bonds is 8. The number of aromatic nitrogens is 3. The standard InChI is InChI=1S/C28H35BCl2N6O3/c1-35-5-2-6-37(10-9-35)28-32-17-25(18-33-28)40-27-12-21(19-36-7-3-20(4-8-36)16-29(38)39)11-26(34-27)22-13-23(30)15-24(31)14-22/h11-15,17-18,20,38-39H,2-10,16,19H2,1H3. The van der Waals surface area contributed by atoms with E-state index in [0.717, 1.165) is 69.7 Å². The Morgan fingerprint density at radius 1 is 0.925 bits per heavy atom. The first-order valence-electron chi connectivity index (χ1n) is 13.8. The van der Waals surface area contributed by atoms with Gasteiger partial charge in [0, 0.05) is 47.9 Å². The van der Waals surface area contributed by atoms with E-state index in [4.69, 9.17) is 32.9 Å². The highest BCUT2D eigenvalue weighted by Gasteiger charge is 2.24. The minimum atomic E-state index is -1.24. The molecule has 0 aliphatic carbocycles. The Morgan fingerprint density at radius 3 is 2.35 bits per heavy atom. The maximum absolute atomic E-state index is 9.33. The molecule has 2 aliphatic rings. The van der Waals surface area contributed by atoms with E-state index in [1.807, 2.05) is 24.3 Å². The number of likely N-dealkylation sites (N-methyl/N-ethyl adjacent to an activating group) is 1. The Morgan fingerprint density at radius 2 is 1.65 bits per heavy atom. The highest BCUT2D eigenvalue weighted by atomic mass is 35.5. The van der Waals surface area contributed by atoms with Gasteiger partial charge in [0.15, 0.2) is 5.75 Å². The van der Waals surface area contributed by atoms with E-state index in [9.17, 15) is 10.0 Å². The SMILES string of the molecule is CN1CCCN(c2ncc(Oc3cc(CN4CCC(CB(O)O)CC4)cc(-c4cc(Cl)cc(Cl)c4)n3)cn2)CC1. The first kappa shape index (κ1) is 29.0. The lowest BCUT2D eigenvalue weighted by atomic mass is 9.75. The third-order valence-corrected chi connectivity index (χ3v) is 7.95. The fourth-order valence-electron chi connectivity index (χ4n) is 5.38. The summed E-state index contributed by atoms with van der Waals surface area (Å²) in [7, 11) is 0.895. The molecule has 2 aliphatic heterocycles. The van der Waals surface area contributed by atoms with Crippen molar-refractivity contribution in [3.05, 3.63) is 58.3 Å². The molecular weight excluding hydrogens is 550 g/mol. The fraction of sp³-hybridized carbons (Fsp3) is 0.464. The van der Waals surface area contributed by atoms with Gasteiger partial charge in [-0.2, -0.15) is 0 Å². The van der Waals surface area contributed by atoms with Crippen molar-refractivity contribution in [3.8, 4) is 22.9 Å². The average molecular weight is 585 g/mol. The van der Waals surface area contributed by atoms with Crippen molar-refractivity contribution in [2.24, 2.45) is 5.92 Å². The number of halogens is 2. The van der Waals surface area contributed by atoms with Gasteiger partial charge in [-0.05, 0) is 88.0 Å². The normalized spacial score (nSPS) is 17.6. The van der Waals surface area contributed by atoms with E-state index in [0.29, 0.717) is 52.1 Å². The molecule has 2 aromatic heterocycles. The van der Waals surface area contributed by atoms with Gasteiger partial charge in [0.05, 0.1) is 18.1 Å². The molecule has 0 unspecified atom stereocenters. The van der Waals surface area contributed by atoms with Crippen molar-refractivity contribution in [3.63, 3.8) is 0 Å². The average Bonchev–Trinajstić information content (AvgIpc) is 3.14. The number of likely N-dealkylation sites (tertiary alicyclic amines) is 1. The summed E-state index contributed by atoms with van der Waals surface area (Å²) in [5.74, 6) is 1.99. The molecule has 0 spiro atoms. The Balaban J connectivity index is 1.34. The molecule has 40 heavy (non-hydrogen) atoms. The molecule has 0 saturated carbocycles. The van der Waals surface area contributed by atoms with Crippen molar-refractivity contribution in [2.75, 3.05) is 51.2 Å². The summed E-state index contributed by atoms with van der Waals surface area (Å²) in [6.45, 7) is 6.36. The Labute approximate surface area is 245 Å². The zero-order valence-corrected chi connectivity index (χ0v) is 24.2. The third kappa shape index (κ3) is 8.06. The van der Waals surface area contributed by atoms with Crippen molar-refractivity contribution in [2.45, 2.75) is 32.1 Å². The number of nitrogens with zero attached hydrogens (tertiary/aromatic N) is 6. The summed E-state index contributed by atoms with van der Waals surface area (Å²) in [4.78, 5) is 20.8. The van der Waals surface area contributed by atoms with E-state index in [2.05, 4.69) is 31.7 Å². The predicted octanol–water partition coefficient (Wildman–Crippen LogP) is 4.46. The summed E-state index contributed by atoms with van der Waals surface area (Å²) in [5, 5.41) is 19.7. The lowest BCUT2D eigenvalue weighted by molar-refractivity contribution is 0.180.